The Balaban J connectivity index is 1.79. The minimum absolute atomic E-state index is 0.0313. The predicted octanol–water partition coefficient (Wildman–Crippen LogP) is 1.53. The summed E-state index contributed by atoms with van der Waals surface area (Å²) < 4.78 is 0. The van der Waals surface area contributed by atoms with Gasteiger partial charge in [0.25, 0.3) is 0 Å². The molecule has 2 rings (SSSR count). The molecular weight excluding hydrogens is 266 g/mol. The first-order valence-electron chi connectivity index (χ1n) is 7.61. The van der Waals surface area contributed by atoms with Crippen molar-refractivity contribution in [3.05, 3.63) is 30.1 Å². The smallest absolute Gasteiger partial charge is 0.239 e. The third-order valence-electron chi connectivity index (χ3n) is 3.68. The highest BCUT2D eigenvalue weighted by molar-refractivity contribution is 5.85. The fourth-order valence-corrected chi connectivity index (χ4v) is 2.62. The highest BCUT2D eigenvalue weighted by Gasteiger charge is 2.19. The molecule has 0 unspecified atom stereocenters. The Bertz CT molecular complexity index is 476. The summed E-state index contributed by atoms with van der Waals surface area (Å²) in [6, 6.07) is 3.91. The molecule has 0 spiro atoms. The zero-order valence-electron chi connectivity index (χ0n) is 12.5. The lowest BCUT2D eigenvalue weighted by atomic mass is 10.1. The molecule has 1 aliphatic heterocycles. The average Bonchev–Trinajstić information content (AvgIpc) is 2.65. The van der Waals surface area contributed by atoms with Crippen LogP contribution in [0.2, 0.25) is 0 Å². The molecule has 114 valence electrons. The van der Waals surface area contributed by atoms with Crippen LogP contribution in [0.3, 0.4) is 0 Å². The molecule has 1 aromatic heterocycles. The summed E-state index contributed by atoms with van der Waals surface area (Å²) in [5.41, 5.74) is 1.09. The Morgan fingerprint density at radius 1 is 1.43 bits per heavy atom. The zero-order valence-corrected chi connectivity index (χ0v) is 12.5. The molecule has 0 aromatic carbocycles. The fourth-order valence-electron chi connectivity index (χ4n) is 2.62. The van der Waals surface area contributed by atoms with Gasteiger partial charge in [0.15, 0.2) is 0 Å². The van der Waals surface area contributed by atoms with E-state index < -0.39 is 0 Å². The monoisotopic (exact) mass is 289 g/mol. The number of pyridine rings is 1. The van der Waals surface area contributed by atoms with Gasteiger partial charge in [0.05, 0.1) is 6.54 Å². The van der Waals surface area contributed by atoms with Crippen molar-refractivity contribution in [1.29, 1.82) is 0 Å². The molecule has 0 aliphatic carbocycles. The third kappa shape index (κ3) is 5.17. The summed E-state index contributed by atoms with van der Waals surface area (Å²) in [6.45, 7) is 2.84. The summed E-state index contributed by atoms with van der Waals surface area (Å²) >= 11 is 0. The standard InChI is InChI=1S/C16H23N3O2/c1-13(10-14-6-5-8-17-11-14)18-15(20)12-19-9-4-2-3-7-16(19)21/h5-6,8,11,13H,2-4,7,9-10,12H2,1H3,(H,18,20)/t13-/m0/s1. The number of aromatic nitrogens is 1. The average molecular weight is 289 g/mol. The van der Waals surface area contributed by atoms with E-state index in [9.17, 15) is 9.59 Å². The van der Waals surface area contributed by atoms with E-state index >= 15 is 0 Å². The molecule has 0 radical (unpaired) electrons. The molecule has 1 fully saturated rings. The molecule has 1 N–H and O–H groups in total. The van der Waals surface area contributed by atoms with Crippen molar-refractivity contribution in [3.8, 4) is 0 Å². The summed E-state index contributed by atoms with van der Waals surface area (Å²) in [4.78, 5) is 29.7. The van der Waals surface area contributed by atoms with Crippen LogP contribution in [-0.2, 0) is 16.0 Å². The van der Waals surface area contributed by atoms with Crippen LogP contribution in [0.15, 0.2) is 24.5 Å². The SMILES string of the molecule is C[C@@H](Cc1cccnc1)NC(=O)CN1CCCCCC1=O. The second kappa shape index (κ2) is 7.76. The van der Waals surface area contributed by atoms with E-state index in [2.05, 4.69) is 10.3 Å². The van der Waals surface area contributed by atoms with Gasteiger partial charge in [-0.2, -0.15) is 0 Å². The fraction of sp³-hybridized carbons (Fsp3) is 0.562. The summed E-state index contributed by atoms with van der Waals surface area (Å²) in [5, 5.41) is 2.96. The highest BCUT2D eigenvalue weighted by atomic mass is 16.2. The van der Waals surface area contributed by atoms with Gasteiger partial charge in [-0.1, -0.05) is 12.5 Å². The molecule has 5 heteroatoms. The van der Waals surface area contributed by atoms with Crippen LogP contribution in [0, 0.1) is 0 Å². The van der Waals surface area contributed by atoms with E-state index in [0.29, 0.717) is 13.0 Å². The molecule has 0 bridgehead atoms. The normalized spacial score (nSPS) is 17.2. The second-order valence-corrected chi connectivity index (χ2v) is 5.66. The molecule has 21 heavy (non-hydrogen) atoms. The van der Waals surface area contributed by atoms with Gasteiger partial charge in [0.2, 0.25) is 11.8 Å². The zero-order chi connectivity index (χ0) is 15.1. The van der Waals surface area contributed by atoms with Gasteiger partial charge in [0, 0.05) is 31.4 Å². The largest absolute Gasteiger partial charge is 0.352 e. The Morgan fingerprint density at radius 2 is 2.29 bits per heavy atom. The van der Waals surface area contributed by atoms with E-state index in [1.807, 2.05) is 19.1 Å². The van der Waals surface area contributed by atoms with E-state index in [-0.39, 0.29) is 24.4 Å². The number of amides is 2. The van der Waals surface area contributed by atoms with Crippen LogP contribution >= 0.6 is 0 Å². The minimum atomic E-state index is -0.0818. The van der Waals surface area contributed by atoms with Crippen molar-refractivity contribution in [1.82, 2.24) is 15.2 Å². The highest BCUT2D eigenvalue weighted by Crippen LogP contribution is 2.10. The Hall–Kier alpha value is -1.91. The summed E-state index contributed by atoms with van der Waals surface area (Å²) in [6.07, 6.45) is 7.85. The van der Waals surface area contributed by atoms with Crippen LogP contribution in [0.1, 0.15) is 38.2 Å². The molecule has 5 nitrogen and oxygen atoms in total. The number of carbonyl (C=O) groups excluding carboxylic acids is 2. The van der Waals surface area contributed by atoms with Gasteiger partial charge in [-0.05, 0) is 37.8 Å². The first kappa shape index (κ1) is 15.5. The van der Waals surface area contributed by atoms with Crippen molar-refractivity contribution in [2.75, 3.05) is 13.1 Å². The third-order valence-corrected chi connectivity index (χ3v) is 3.68. The predicted molar refractivity (Wildman–Crippen MR) is 80.6 cm³/mol. The van der Waals surface area contributed by atoms with Crippen LogP contribution in [0.25, 0.3) is 0 Å². The van der Waals surface area contributed by atoms with Gasteiger partial charge < -0.3 is 10.2 Å². The van der Waals surface area contributed by atoms with Crippen molar-refractivity contribution in [2.45, 2.75) is 45.1 Å². The van der Waals surface area contributed by atoms with Gasteiger partial charge in [-0.3, -0.25) is 14.6 Å². The number of hydrogen-bond donors (Lipinski definition) is 1. The van der Waals surface area contributed by atoms with Crippen molar-refractivity contribution >= 4 is 11.8 Å². The maximum atomic E-state index is 12.0. The number of nitrogens with one attached hydrogen (secondary N) is 1. The topological polar surface area (TPSA) is 62.3 Å². The van der Waals surface area contributed by atoms with Gasteiger partial charge in [-0.25, -0.2) is 0 Å². The van der Waals surface area contributed by atoms with Crippen LogP contribution in [0.4, 0.5) is 0 Å². The lowest BCUT2D eigenvalue weighted by Crippen LogP contribution is -2.43. The molecule has 1 saturated heterocycles. The molecule has 1 aromatic rings. The minimum Gasteiger partial charge on any atom is -0.352 e. The van der Waals surface area contributed by atoms with E-state index in [1.165, 1.54) is 0 Å². The van der Waals surface area contributed by atoms with Crippen LogP contribution < -0.4 is 5.32 Å². The van der Waals surface area contributed by atoms with Crippen LogP contribution in [0.5, 0.6) is 0 Å². The van der Waals surface area contributed by atoms with Crippen molar-refractivity contribution in [3.63, 3.8) is 0 Å². The summed E-state index contributed by atoms with van der Waals surface area (Å²) in [5.74, 6) is 0.0178. The quantitative estimate of drug-likeness (QED) is 0.894. The van der Waals surface area contributed by atoms with E-state index in [0.717, 1.165) is 31.2 Å². The molecule has 1 atom stereocenters. The Kier molecular flexibility index (Phi) is 5.72. The molecule has 2 amide bonds. The second-order valence-electron chi connectivity index (χ2n) is 5.66. The number of nitrogens with zero attached hydrogens (tertiary/aromatic N) is 2. The van der Waals surface area contributed by atoms with Gasteiger partial charge >= 0.3 is 0 Å². The lowest BCUT2D eigenvalue weighted by Gasteiger charge is -2.21. The number of rotatable bonds is 5. The van der Waals surface area contributed by atoms with Gasteiger partial charge in [-0.15, -0.1) is 0 Å². The van der Waals surface area contributed by atoms with Gasteiger partial charge in [0.1, 0.15) is 0 Å². The van der Waals surface area contributed by atoms with E-state index in [4.69, 9.17) is 0 Å². The molecule has 2 heterocycles. The van der Waals surface area contributed by atoms with Crippen LogP contribution in [-0.4, -0.2) is 40.8 Å². The summed E-state index contributed by atoms with van der Waals surface area (Å²) in [7, 11) is 0. The van der Waals surface area contributed by atoms with Crippen molar-refractivity contribution in [2.24, 2.45) is 0 Å². The maximum Gasteiger partial charge on any atom is 0.239 e. The molecule has 1 aliphatic rings. The first-order chi connectivity index (χ1) is 10.1. The molecular formula is C16H23N3O2. The number of likely N-dealkylation sites (tertiary alicyclic amines) is 1. The number of hydrogen-bond acceptors (Lipinski definition) is 3. The Labute approximate surface area is 125 Å². The number of carbonyl (C=O) groups is 2. The first-order valence-corrected chi connectivity index (χ1v) is 7.61. The van der Waals surface area contributed by atoms with E-state index in [1.54, 1.807) is 17.3 Å². The maximum absolute atomic E-state index is 12.0. The lowest BCUT2D eigenvalue weighted by molar-refractivity contribution is -0.135. The Morgan fingerprint density at radius 3 is 3.05 bits per heavy atom. The molecule has 0 saturated carbocycles. The van der Waals surface area contributed by atoms with Crippen molar-refractivity contribution < 1.29 is 9.59 Å².